The summed E-state index contributed by atoms with van der Waals surface area (Å²) in [4.78, 5) is 31.6. The van der Waals surface area contributed by atoms with Crippen LogP contribution in [-0.2, 0) is 17.6 Å². The zero-order valence-corrected chi connectivity index (χ0v) is 22.1. The number of carbonyl (C=O) groups is 2. The molecule has 0 radical (unpaired) electrons. The molecular formula is C25H21Cl2N5O2S2. The lowest BCUT2D eigenvalue weighted by atomic mass is 9.95. The maximum atomic E-state index is 13.2. The van der Waals surface area contributed by atoms with Crippen LogP contribution < -0.4 is 10.6 Å². The molecule has 0 fully saturated rings. The van der Waals surface area contributed by atoms with E-state index in [9.17, 15) is 9.59 Å². The largest absolute Gasteiger partial charge is 0.322 e. The van der Waals surface area contributed by atoms with Crippen LogP contribution in [0.2, 0.25) is 10.0 Å². The zero-order valence-electron chi connectivity index (χ0n) is 18.9. The SMILES string of the molecule is O=C(CSc1n[nH]c(-c2ccc(Cl)cc2Cl)n1)Nc1sc2c(c1C(=O)Nc1ccccc1)CCCC2. The molecule has 36 heavy (non-hydrogen) atoms. The molecule has 0 unspecified atom stereocenters. The van der Waals surface area contributed by atoms with Gasteiger partial charge in [0.05, 0.1) is 16.3 Å². The minimum atomic E-state index is -0.233. The fourth-order valence-electron chi connectivity index (χ4n) is 4.01. The van der Waals surface area contributed by atoms with Crippen LogP contribution >= 0.6 is 46.3 Å². The molecule has 1 aliphatic carbocycles. The standard InChI is InChI=1S/C25H21Cl2N5O2S2/c26-14-10-11-16(18(27)12-14)22-30-25(32-31-22)35-13-20(33)29-24-21(17-8-4-5-9-19(17)36-24)23(34)28-15-6-2-1-3-7-15/h1-3,6-7,10-12H,4-5,8-9,13H2,(H,28,34)(H,29,33)(H,30,31,32). The number of amides is 2. The molecule has 0 bridgehead atoms. The maximum absolute atomic E-state index is 13.2. The predicted molar refractivity (Wildman–Crippen MR) is 147 cm³/mol. The van der Waals surface area contributed by atoms with Gasteiger partial charge in [-0.3, -0.25) is 14.7 Å². The predicted octanol–water partition coefficient (Wildman–Crippen LogP) is 6.70. The van der Waals surface area contributed by atoms with E-state index in [1.807, 2.05) is 30.3 Å². The van der Waals surface area contributed by atoms with E-state index >= 15 is 0 Å². The van der Waals surface area contributed by atoms with Crippen LogP contribution in [0.1, 0.15) is 33.6 Å². The molecular weight excluding hydrogens is 537 g/mol. The van der Waals surface area contributed by atoms with Crippen molar-refractivity contribution in [3.63, 3.8) is 0 Å². The Morgan fingerprint density at radius 3 is 2.67 bits per heavy atom. The molecule has 0 saturated heterocycles. The van der Waals surface area contributed by atoms with Gasteiger partial charge in [0.15, 0.2) is 5.82 Å². The van der Waals surface area contributed by atoms with Crippen LogP contribution in [0, 0.1) is 0 Å². The summed E-state index contributed by atoms with van der Waals surface area (Å²) in [6.07, 6.45) is 3.87. The number of thioether (sulfide) groups is 1. The van der Waals surface area contributed by atoms with Gasteiger partial charge in [-0.2, -0.15) is 0 Å². The molecule has 2 amide bonds. The van der Waals surface area contributed by atoms with Crippen LogP contribution in [0.15, 0.2) is 53.7 Å². The molecule has 5 rings (SSSR count). The number of fused-ring (bicyclic) bond motifs is 1. The Balaban J connectivity index is 1.28. The minimum Gasteiger partial charge on any atom is -0.322 e. The Morgan fingerprint density at radius 2 is 1.86 bits per heavy atom. The van der Waals surface area contributed by atoms with Crippen molar-refractivity contribution >= 4 is 68.8 Å². The number of anilines is 2. The molecule has 11 heteroatoms. The first kappa shape index (κ1) is 24.8. The Labute approximate surface area is 226 Å². The maximum Gasteiger partial charge on any atom is 0.258 e. The van der Waals surface area contributed by atoms with Gasteiger partial charge in [-0.15, -0.1) is 16.4 Å². The summed E-state index contributed by atoms with van der Waals surface area (Å²) in [6.45, 7) is 0. The highest BCUT2D eigenvalue weighted by molar-refractivity contribution is 7.99. The van der Waals surface area contributed by atoms with Gasteiger partial charge in [-0.05, 0) is 61.6 Å². The lowest BCUT2D eigenvalue weighted by Crippen LogP contribution is -2.19. The molecule has 1 aliphatic rings. The molecule has 4 aromatic rings. The summed E-state index contributed by atoms with van der Waals surface area (Å²) in [5.74, 6) is 0.143. The number of aromatic amines is 1. The number of nitrogens with zero attached hydrogens (tertiary/aromatic N) is 2. The van der Waals surface area contributed by atoms with Crippen molar-refractivity contribution in [1.29, 1.82) is 0 Å². The average Bonchev–Trinajstić information content (AvgIpc) is 3.47. The number of aromatic nitrogens is 3. The fraction of sp³-hybridized carbons (Fsp3) is 0.200. The Hall–Kier alpha value is -2.85. The third-order valence-electron chi connectivity index (χ3n) is 5.67. The molecule has 0 saturated carbocycles. The highest BCUT2D eigenvalue weighted by atomic mass is 35.5. The highest BCUT2D eigenvalue weighted by Gasteiger charge is 2.26. The highest BCUT2D eigenvalue weighted by Crippen LogP contribution is 2.39. The van der Waals surface area contributed by atoms with E-state index in [2.05, 4.69) is 25.8 Å². The number of aryl methyl sites for hydroxylation is 1. The first-order chi connectivity index (χ1) is 17.5. The van der Waals surface area contributed by atoms with Gasteiger partial charge in [0.25, 0.3) is 5.91 Å². The average molecular weight is 559 g/mol. The van der Waals surface area contributed by atoms with Crippen LogP contribution in [0.3, 0.4) is 0 Å². The fourth-order valence-corrected chi connectivity index (χ4v) is 6.41. The second-order valence-corrected chi connectivity index (χ2v) is 11.1. The first-order valence-electron chi connectivity index (χ1n) is 11.3. The van der Waals surface area contributed by atoms with Gasteiger partial charge >= 0.3 is 0 Å². The number of hydrogen-bond donors (Lipinski definition) is 3. The molecule has 0 aliphatic heterocycles. The van der Waals surface area contributed by atoms with Crippen molar-refractivity contribution in [3.8, 4) is 11.4 Å². The van der Waals surface area contributed by atoms with Crippen LogP contribution in [-0.4, -0.2) is 32.7 Å². The number of carbonyl (C=O) groups excluding carboxylic acids is 2. The van der Waals surface area contributed by atoms with Crippen molar-refractivity contribution in [2.75, 3.05) is 16.4 Å². The molecule has 184 valence electrons. The first-order valence-corrected chi connectivity index (χ1v) is 13.8. The Kier molecular flexibility index (Phi) is 7.62. The number of halogens is 2. The third-order valence-corrected chi connectivity index (χ3v) is 8.27. The van der Waals surface area contributed by atoms with Gasteiger partial charge in [0.1, 0.15) is 5.00 Å². The number of para-hydroxylation sites is 1. The van der Waals surface area contributed by atoms with Crippen LogP contribution in [0.25, 0.3) is 11.4 Å². The molecule has 2 heterocycles. The summed E-state index contributed by atoms with van der Waals surface area (Å²) in [5, 5.41) is 14.9. The van der Waals surface area contributed by atoms with Crippen molar-refractivity contribution in [3.05, 3.63) is 74.6 Å². The number of rotatable bonds is 7. The molecule has 0 atom stereocenters. The quantitative estimate of drug-likeness (QED) is 0.219. The van der Waals surface area contributed by atoms with Crippen LogP contribution in [0.5, 0.6) is 0 Å². The van der Waals surface area contributed by atoms with E-state index in [0.717, 1.165) is 31.2 Å². The monoisotopic (exact) mass is 557 g/mol. The lowest BCUT2D eigenvalue weighted by Gasteiger charge is -2.13. The van der Waals surface area contributed by atoms with Gasteiger partial charge in [0, 0.05) is 21.2 Å². The van der Waals surface area contributed by atoms with Crippen molar-refractivity contribution in [1.82, 2.24) is 15.2 Å². The summed E-state index contributed by atoms with van der Waals surface area (Å²) in [6, 6.07) is 14.4. The van der Waals surface area contributed by atoms with E-state index in [1.165, 1.54) is 28.0 Å². The van der Waals surface area contributed by atoms with Gasteiger partial charge in [-0.1, -0.05) is 53.2 Å². The summed E-state index contributed by atoms with van der Waals surface area (Å²) in [5.41, 5.74) is 2.99. The van der Waals surface area contributed by atoms with Gasteiger partial charge in [0.2, 0.25) is 11.1 Å². The van der Waals surface area contributed by atoms with E-state index in [-0.39, 0.29) is 17.6 Å². The van der Waals surface area contributed by atoms with Crippen molar-refractivity contribution in [2.45, 2.75) is 30.8 Å². The van der Waals surface area contributed by atoms with E-state index in [0.29, 0.717) is 42.8 Å². The smallest absolute Gasteiger partial charge is 0.258 e. The van der Waals surface area contributed by atoms with Crippen molar-refractivity contribution in [2.24, 2.45) is 0 Å². The number of hydrogen-bond acceptors (Lipinski definition) is 6. The van der Waals surface area contributed by atoms with E-state index < -0.39 is 0 Å². The Bertz CT molecular complexity index is 1420. The summed E-state index contributed by atoms with van der Waals surface area (Å²) >= 11 is 14.9. The van der Waals surface area contributed by atoms with E-state index in [1.54, 1.807) is 18.2 Å². The number of nitrogens with one attached hydrogen (secondary N) is 3. The van der Waals surface area contributed by atoms with Crippen molar-refractivity contribution < 1.29 is 9.59 Å². The molecule has 0 spiro atoms. The normalized spacial score (nSPS) is 12.7. The third kappa shape index (κ3) is 5.59. The number of H-pyrrole nitrogens is 1. The van der Waals surface area contributed by atoms with Gasteiger partial charge in [-0.25, -0.2) is 4.98 Å². The molecule has 7 nitrogen and oxygen atoms in total. The number of benzene rings is 2. The lowest BCUT2D eigenvalue weighted by molar-refractivity contribution is -0.113. The van der Waals surface area contributed by atoms with E-state index in [4.69, 9.17) is 23.2 Å². The summed E-state index contributed by atoms with van der Waals surface area (Å²) < 4.78 is 0. The molecule has 3 N–H and O–H groups in total. The second kappa shape index (κ2) is 11.0. The zero-order chi connectivity index (χ0) is 25.1. The summed E-state index contributed by atoms with van der Waals surface area (Å²) in [7, 11) is 0. The Morgan fingerprint density at radius 1 is 1.06 bits per heavy atom. The van der Waals surface area contributed by atoms with Crippen LogP contribution in [0.4, 0.5) is 10.7 Å². The minimum absolute atomic E-state index is 0.0912. The topological polar surface area (TPSA) is 99.8 Å². The molecule has 2 aromatic carbocycles. The molecule has 2 aromatic heterocycles. The van der Waals surface area contributed by atoms with Gasteiger partial charge < -0.3 is 10.6 Å². The second-order valence-electron chi connectivity index (χ2n) is 8.16. The number of thiophene rings is 1.